The lowest BCUT2D eigenvalue weighted by atomic mass is 9.99. The molecule has 0 aromatic heterocycles. The number of ether oxygens (including phenoxy) is 3. The molecule has 8 atom stereocenters. The average molecular weight is 1180 g/mol. The number of esters is 1. The van der Waals surface area contributed by atoms with E-state index in [0.29, 0.717) is 12.8 Å². The van der Waals surface area contributed by atoms with Crippen molar-refractivity contribution >= 4 is 11.9 Å². The lowest BCUT2D eigenvalue weighted by molar-refractivity contribution is -0.305. The Bertz CT molecular complexity index is 1640. The summed E-state index contributed by atoms with van der Waals surface area (Å²) in [6.45, 7) is 5.77. The summed E-state index contributed by atoms with van der Waals surface area (Å²) in [6, 6.07) is -1.03. The van der Waals surface area contributed by atoms with Crippen LogP contribution in [-0.4, -0.2) is 99.6 Å². The second kappa shape index (κ2) is 60.4. The predicted octanol–water partition coefficient (Wildman–Crippen LogP) is 17.9. The molecule has 0 aromatic rings. The minimum atomic E-state index is -1.63. The molecule has 0 bridgehead atoms. The Labute approximate surface area is 515 Å². The van der Waals surface area contributed by atoms with Gasteiger partial charge >= 0.3 is 5.97 Å². The third kappa shape index (κ3) is 47.2. The summed E-state index contributed by atoms with van der Waals surface area (Å²) in [7, 11) is 0. The summed E-state index contributed by atoms with van der Waals surface area (Å²) in [5.41, 5.74) is 0. The van der Waals surface area contributed by atoms with Gasteiger partial charge in [-0.25, -0.2) is 0 Å². The van der Waals surface area contributed by atoms with Gasteiger partial charge in [0.05, 0.1) is 25.4 Å². The van der Waals surface area contributed by atoms with Crippen molar-refractivity contribution < 1.29 is 49.3 Å². The highest BCUT2D eigenvalue weighted by Gasteiger charge is 2.47. The Morgan fingerprint density at radius 3 is 1.26 bits per heavy atom. The van der Waals surface area contributed by atoms with Gasteiger partial charge in [-0.15, -0.1) is 0 Å². The van der Waals surface area contributed by atoms with Crippen LogP contribution in [0.15, 0.2) is 72.9 Å². The van der Waals surface area contributed by atoms with Crippen LogP contribution in [0.3, 0.4) is 0 Å². The van der Waals surface area contributed by atoms with Gasteiger partial charge in [0.15, 0.2) is 12.4 Å². The van der Waals surface area contributed by atoms with Gasteiger partial charge < -0.3 is 45.1 Å². The molecule has 0 radical (unpaired) electrons. The molecule has 488 valence electrons. The molecular formula is C73H131NO10. The summed E-state index contributed by atoms with van der Waals surface area (Å²) in [5.74, 6) is -1.22. The number of amides is 1. The smallest absolute Gasteiger partial charge is 0.306 e. The van der Waals surface area contributed by atoms with Crippen molar-refractivity contribution in [3.63, 3.8) is 0 Å². The lowest BCUT2D eigenvalue weighted by Crippen LogP contribution is -2.61. The highest BCUT2D eigenvalue weighted by Crippen LogP contribution is 2.26. The molecule has 0 aliphatic carbocycles. The number of aliphatic hydroxyl groups is 5. The summed E-state index contributed by atoms with van der Waals surface area (Å²) < 4.78 is 17.6. The van der Waals surface area contributed by atoms with Crippen LogP contribution in [0.25, 0.3) is 0 Å². The second-order valence-electron chi connectivity index (χ2n) is 24.3. The molecule has 0 aromatic carbocycles. The molecule has 1 rings (SSSR count). The van der Waals surface area contributed by atoms with Crippen molar-refractivity contribution in [3.8, 4) is 0 Å². The first-order valence-corrected chi connectivity index (χ1v) is 35.2. The van der Waals surface area contributed by atoms with Gasteiger partial charge in [-0.05, 0) is 96.3 Å². The molecule has 1 saturated heterocycles. The number of carbonyl (C=O) groups is 2. The van der Waals surface area contributed by atoms with Gasteiger partial charge in [-0.3, -0.25) is 9.59 Å². The van der Waals surface area contributed by atoms with Gasteiger partial charge in [-0.1, -0.05) is 286 Å². The van der Waals surface area contributed by atoms with E-state index < -0.39 is 67.4 Å². The summed E-state index contributed by atoms with van der Waals surface area (Å²) >= 11 is 0. The third-order valence-corrected chi connectivity index (χ3v) is 16.3. The predicted molar refractivity (Wildman–Crippen MR) is 352 cm³/mol. The van der Waals surface area contributed by atoms with Crippen LogP contribution in [0.2, 0.25) is 0 Å². The molecule has 8 unspecified atom stereocenters. The maximum absolute atomic E-state index is 13.5. The minimum Gasteiger partial charge on any atom is -0.454 e. The zero-order chi connectivity index (χ0) is 61.0. The van der Waals surface area contributed by atoms with Crippen LogP contribution in [0, 0.1) is 0 Å². The van der Waals surface area contributed by atoms with Crippen LogP contribution in [0.5, 0.6) is 0 Å². The van der Waals surface area contributed by atoms with Gasteiger partial charge in [0.1, 0.15) is 24.4 Å². The highest BCUT2D eigenvalue weighted by molar-refractivity contribution is 5.80. The van der Waals surface area contributed by atoms with E-state index in [1.54, 1.807) is 6.08 Å². The molecule has 1 amide bonds. The summed E-state index contributed by atoms with van der Waals surface area (Å²) in [6.07, 6.45) is 68.0. The Morgan fingerprint density at radius 2 is 0.821 bits per heavy atom. The summed E-state index contributed by atoms with van der Waals surface area (Å²) in [4.78, 5) is 26.6. The number of rotatable bonds is 60. The quantitative estimate of drug-likeness (QED) is 0.0195. The lowest BCUT2D eigenvalue weighted by Gasteiger charge is -2.41. The topological polar surface area (TPSA) is 175 Å². The van der Waals surface area contributed by atoms with Crippen molar-refractivity contribution in [2.45, 2.75) is 365 Å². The zero-order valence-electron chi connectivity index (χ0n) is 54.3. The zero-order valence-corrected chi connectivity index (χ0v) is 54.3. The van der Waals surface area contributed by atoms with Crippen LogP contribution in [0.1, 0.15) is 316 Å². The van der Waals surface area contributed by atoms with E-state index in [1.165, 1.54) is 193 Å². The molecule has 84 heavy (non-hydrogen) atoms. The highest BCUT2D eigenvalue weighted by atomic mass is 16.7. The van der Waals surface area contributed by atoms with Crippen LogP contribution in [-0.2, 0) is 23.8 Å². The second-order valence-corrected chi connectivity index (χ2v) is 24.3. The number of nitrogens with one attached hydrogen (secondary N) is 1. The molecule has 11 nitrogen and oxygen atoms in total. The first-order valence-electron chi connectivity index (χ1n) is 35.2. The van der Waals surface area contributed by atoms with Crippen molar-refractivity contribution in [1.82, 2.24) is 5.32 Å². The number of allylic oxidation sites excluding steroid dienone is 11. The average Bonchev–Trinajstić information content (AvgIpc) is 3.69. The molecule has 0 spiro atoms. The van der Waals surface area contributed by atoms with Crippen LogP contribution >= 0.6 is 0 Å². The number of carbonyl (C=O) groups excluding carboxylic acids is 2. The fraction of sp³-hybridized carbons (Fsp3) is 0.808. The Kier molecular flexibility index (Phi) is 56.9. The number of hydrogen-bond acceptors (Lipinski definition) is 10. The monoisotopic (exact) mass is 1180 g/mol. The van der Waals surface area contributed by atoms with Crippen LogP contribution < -0.4 is 5.32 Å². The number of unbranched alkanes of at least 4 members (excludes halogenated alkanes) is 36. The molecule has 1 aliphatic rings. The van der Waals surface area contributed by atoms with E-state index in [0.717, 1.165) is 77.0 Å². The standard InChI is InChI=1S/C73H131NO10/c1-4-7-10-13-16-19-22-25-27-29-31-32-33-34-35-37-38-40-42-45-48-51-54-57-60-66(77)72(81)74-64(65(76)59-56-53-50-47-44-24-21-18-15-12-9-6-3)63-82-73-71(70(80)69(79)67(62-75)83-73)84-68(78)61-58-55-52-49-46-43-41-39-36-30-28-26-23-20-17-14-11-8-5-2/h17,20,25-28,36,39,43,46,56,59,64-67,69-71,73,75-77,79-80H,4-16,18-19,21-24,29-35,37-38,40-42,44-45,47-55,57-58,60-63H2,1-3H3,(H,74,81)/b20-17-,27-25+,28-26-,39-36-,46-43-,59-56+. The van der Waals surface area contributed by atoms with Crippen molar-refractivity contribution in [2.75, 3.05) is 13.2 Å². The molecule has 1 heterocycles. The largest absolute Gasteiger partial charge is 0.454 e. The van der Waals surface area contributed by atoms with Gasteiger partial charge in [-0.2, -0.15) is 0 Å². The maximum Gasteiger partial charge on any atom is 0.306 e. The Morgan fingerprint density at radius 1 is 0.464 bits per heavy atom. The molecule has 6 N–H and O–H groups in total. The number of aliphatic hydroxyl groups excluding tert-OH is 5. The fourth-order valence-electron chi connectivity index (χ4n) is 10.7. The molecule has 1 aliphatic heterocycles. The molecular weight excluding hydrogens is 1050 g/mol. The van der Waals surface area contributed by atoms with E-state index in [2.05, 4.69) is 86.8 Å². The first kappa shape index (κ1) is 79.1. The van der Waals surface area contributed by atoms with Crippen LogP contribution in [0.4, 0.5) is 0 Å². The Hall–Kier alpha value is -2.90. The normalized spacial score (nSPS) is 18.9. The molecule has 11 heteroatoms. The van der Waals surface area contributed by atoms with E-state index in [4.69, 9.17) is 14.2 Å². The third-order valence-electron chi connectivity index (χ3n) is 16.3. The molecule has 0 saturated carbocycles. The maximum atomic E-state index is 13.5. The van der Waals surface area contributed by atoms with Gasteiger partial charge in [0.2, 0.25) is 5.91 Å². The SMILES string of the molecule is CCCCC/C=C\C/C=C\C/C=C\C/C=C\CCCCCC(=O)OC1C(OCC(NC(=O)C(O)CCCCCCCCCCCCCCCC/C=C/CCCCCCCC)C(O)/C=C/CCCCCCCCCCCC)OC(CO)C(O)C1O. The van der Waals surface area contributed by atoms with Crippen molar-refractivity contribution in [2.24, 2.45) is 0 Å². The van der Waals surface area contributed by atoms with Crippen molar-refractivity contribution in [1.29, 1.82) is 0 Å². The summed E-state index contributed by atoms with van der Waals surface area (Å²) in [5, 5.41) is 57.2. The minimum absolute atomic E-state index is 0.0849. The van der Waals surface area contributed by atoms with Crippen molar-refractivity contribution in [3.05, 3.63) is 72.9 Å². The van der Waals surface area contributed by atoms with E-state index in [1.807, 2.05) is 6.08 Å². The van der Waals surface area contributed by atoms with E-state index >= 15 is 0 Å². The fourth-order valence-corrected chi connectivity index (χ4v) is 10.7. The van der Waals surface area contributed by atoms with E-state index in [-0.39, 0.29) is 19.4 Å². The number of hydrogen-bond donors (Lipinski definition) is 6. The first-order chi connectivity index (χ1) is 41.2. The van der Waals surface area contributed by atoms with Gasteiger partial charge in [0.25, 0.3) is 0 Å². The van der Waals surface area contributed by atoms with E-state index in [9.17, 15) is 35.1 Å². The molecule has 1 fully saturated rings. The van der Waals surface area contributed by atoms with Gasteiger partial charge in [0, 0.05) is 6.42 Å². The Balaban J connectivity index is 2.60.